The Bertz CT molecular complexity index is 782. The van der Waals surface area contributed by atoms with Gasteiger partial charge in [0.2, 0.25) is 0 Å². The summed E-state index contributed by atoms with van der Waals surface area (Å²) in [7, 11) is 0. The van der Waals surface area contributed by atoms with Crippen LogP contribution >= 0.6 is 54.5 Å². The Morgan fingerprint density at radius 1 is 1.27 bits per heavy atom. The Morgan fingerprint density at radius 2 is 2.05 bits per heavy atom. The summed E-state index contributed by atoms with van der Waals surface area (Å²) in [6.07, 6.45) is 3.48. The average molecular weight is 459 g/mol. The number of aromatic nitrogens is 2. The fraction of sp³-hybridized carbons (Fsp3) is 0.0714. The molecule has 4 nitrogen and oxygen atoms in total. The van der Waals surface area contributed by atoms with Gasteiger partial charge in [-0.05, 0) is 50.1 Å². The smallest absolute Gasteiger partial charge is 0.261 e. The van der Waals surface area contributed by atoms with E-state index in [2.05, 4.69) is 47.1 Å². The van der Waals surface area contributed by atoms with E-state index in [1.807, 2.05) is 17.5 Å². The van der Waals surface area contributed by atoms with E-state index in [0.29, 0.717) is 11.4 Å². The number of amides is 1. The van der Waals surface area contributed by atoms with Crippen molar-refractivity contribution in [2.24, 2.45) is 0 Å². The molecule has 1 amide bonds. The molecule has 0 saturated carbocycles. The molecule has 0 unspecified atom stereocenters. The third-order valence-electron chi connectivity index (χ3n) is 2.80. The summed E-state index contributed by atoms with van der Waals surface area (Å²) in [5.74, 6) is -0.0999. The molecule has 0 saturated heterocycles. The minimum absolute atomic E-state index is 0.0999. The van der Waals surface area contributed by atoms with Crippen LogP contribution in [0.15, 0.2) is 44.2 Å². The van der Waals surface area contributed by atoms with Gasteiger partial charge in [0.1, 0.15) is 5.01 Å². The molecular formula is C14H9Br2N3OS2. The first-order valence-corrected chi connectivity index (χ1v) is 9.49. The molecule has 8 heteroatoms. The molecule has 0 fully saturated rings. The highest BCUT2D eigenvalue weighted by molar-refractivity contribution is 9.13. The molecule has 0 atom stereocenters. The third-order valence-corrected chi connectivity index (χ3v) is 6.90. The van der Waals surface area contributed by atoms with Gasteiger partial charge in [0.15, 0.2) is 0 Å². The van der Waals surface area contributed by atoms with Gasteiger partial charge >= 0.3 is 0 Å². The molecule has 22 heavy (non-hydrogen) atoms. The molecule has 0 radical (unpaired) electrons. The molecule has 3 aromatic rings. The Labute approximate surface area is 151 Å². The van der Waals surface area contributed by atoms with Crippen molar-refractivity contribution in [2.75, 3.05) is 0 Å². The molecule has 3 aromatic heterocycles. The molecule has 3 heterocycles. The second kappa shape index (κ2) is 6.99. The lowest BCUT2D eigenvalue weighted by Crippen LogP contribution is -2.21. The van der Waals surface area contributed by atoms with Gasteiger partial charge in [-0.25, -0.2) is 4.98 Å². The summed E-state index contributed by atoms with van der Waals surface area (Å²) in [6.45, 7) is 0.418. The lowest BCUT2D eigenvalue weighted by atomic mass is 10.2. The van der Waals surface area contributed by atoms with Crippen LogP contribution in [-0.4, -0.2) is 15.9 Å². The van der Waals surface area contributed by atoms with Gasteiger partial charge in [-0.15, -0.1) is 22.7 Å². The van der Waals surface area contributed by atoms with Crippen molar-refractivity contribution >= 4 is 60.4 Å². The first-order chi connectivity index (χ1) is 10.6. The standard InChI is InChI=1S/C14H9Br2N3OS2/c15-9-5-11(22-13(9)16)14(20)18-6-12-19-10(7-21-12)8-1-3-17-4-2-8/h1-5,7H,6H2,(H,18,20). The van der Waals surface area contributed by atoms with Crippen LogP contribution in [0.2, 0.25) is 0 Å². The number of carbonyl (C=O) groups excluding carboxylic acids is 1. The van der Waals surface area contributed by atoms with Gasteiger partial charge in [-0.2, -0.15) is 0 Å². The highest BCUT2D eigenvalue weighted by atomic mass is 79.9. The fourth-order valence-corrected chi connectivity index (χ4v) is 4.44. The predicted molar refractivity (Wildman–Crippen MR) is 96.2 cm³/mol. The number of hydrogen-bond acceptors (Lipinski definition) is 5. The van der Waals surface area contributed by atoms with Crippen LogP contribution in [0.3, 0.4) is 0 Å². The molecule has 112 valence electrons. The molecule has 0 aliphatic heterocycles. The summed E-state index contributed by atoms with van der Waals surface area (Å²) in [4.78, 5) is 21.3. The van der Waals surface area contributed by atoms with E-state index in [1.165, 1.54) is 22.7 Å². The number of thiazole rings is 1. The monoisotopic (exact) mass is 457 g/mol. The number of hydrogen-bond donors (Lipinski definition) is 1. The number of carbonyl (C=O) groups is 1. The maximum absolute atomic E-state index is 12.1. The zero-order chi connectivity index (χ0) is 15.5. The van der Waals surface area contributed by atoms with Crippen LogP contribution in [0.25, 0.3) is 11.3 Å². The zero-order valence-corrected chi connectivity index (χ0v) is 15.9. The van der Waals surface area contributed by atoms with E-state index >= 15 is 0 Å². The van der Waals surface area contributed by atoms with Gasteiger partial charge in [-0.1, -0.05) is 0 Å². The largest absolute Gasteiger partial charge is 0.345 e. The minimum Gasteiger partial charge on any atom is -0.345 e. The Hall–Kier alpha value is -1.09. The summed E-state index contributed by atoms with van der Waals surface area (Å²) >= 11 is 9.69. The number of pyridine rings is 1. The van der Waals surface area contributed by atoms with Crippen molar-refractivity contribution in [1.29, 1.82) is 0 Å². The number of rotatable bonds is 4. The molecule has 3 rings (SSSR count). The number of halogens is 2. The van der Waals surface area contributed by atoms with E-state index in [9.17, 15) is 4.79 Å². The van der Waals surface area contributed by atoms with E-state index in [-0.39, 0.29) is 5.91 Å². The first-order valence-electron chi connectivity index (χ1n) is 6.21. The van der Waals surface area contributed by atoms with Crippen molar-refractivity contribution in [2.45, 2.75) is 6.54 Å². The molecular weight excluding hydrogens is 450 g/mol. The van der Waals surface area contributed by atoms with E-state index in [0.717, 1.165) is 24.5 Å². The zero-order valence-electron chi connectivity index (χ0n) is 11.0. The van der Waals surface area contributed by atoms with Gasteiger partial charge in [0.05, 0.1) is 20.9 Å². The first kappa shape index (κ1) is 15.8. The van der Waals surface area contributed by atoms with Crippen molar-refractivity contribution in [3.05, 3.63) is 54.1 Å². The van der Waals surface area contributed by atoms with Gasteiger partial charge < -0.3 is 5.32 Å². The van der Waals surface area contributed by atoms with Crippen LogP contribution in [0.1, 0.15) is 14.7 Å². The predicted octanol–water partition coefficient (Wildman–Crippen LogP) is 4.72. The highest BCUT2D eigenvalue weighted by Gasteiger charge is 2.12. The Kier molecular flexibility index (Phi) is 5.02. The number of nitrogens with one attached hydrogen (secondary N) is 1. The van der Waals surface area contributed by atoms with Crippen LogP contribution in [0, 0.1) is 0 Å². The van der Waals surface area contributed by atoms with Crippen molar-refractivity contribution in [3.8, 4) is 11.3 Å². The minimum atomic E-state index is -0.0999. The highest BCUT2D eigenvalue weighted by Crippen LogP contribution is 2.32. The average Bonchev–Trinajstić information content (AvgIpc) is 3.13. The molecule has 1 N–H and O–H groups in total. The number of nitrogens with zero attached hydrogens (tertiary/aromatic N) is 2. The number of thiophene rings is 1. The Morgan fingerprint density at radius 3 is 2.73 bits per heavy atom. The molecule has 0 spiro atoms. The van der Waals surface area contributed by atoms with Gasteiger partial charge in [0.25, 0.3) is 5.91 Å². The van der Waals surface area contributed by atoms with Gasteiger partial charge in [0, 0.05) is 27.8 Å². The van der Waals surface area contributed by atoms with Crippen molar-refractivity contribution in [3.63, 3.8) is 0 Å². The molecule has 0 bridgehead atoms. The molecule has 0 aromatic carbocycles. The second-order valence-corrected chi connectivity index (χ2v) is 8.44. The van der Waals surface area contributed by atoms with Gasteiger partial charge in [-0.3, -0.25) is 9.78 Å². The van der Waals surface area contributed by atoms with E-state index in [1.54, 1.807) is 18.5 Å². The van der Waals surface area contributed by atoms with Crippen LogP contribution in [0.4, 0.5) is 0 Å². The van der Waals surface area contributed by atoms with Crippen molar-refractivity contribution < 1.29 is 4.79 Å². The maximum Gasteiger partial charge on any atom is 0.261 e. The quantitative estimate of drug-likeness (QED) is 0.615. The fourth-order valence-electron chi connectivity index (χ4n) is 1.75. The third kappa shape index (κ3) is 3.62. The Balaban J connectivity index is 1.65. The topological polar surface area (TPSA) is 54.9 Å². The van der Waals surface area contributed by atoms with Crippen LogP contribution in [-0.2, 0) is 6.54 Å². The second-order valence-electron chi connectivity index (χ2n) is 4.28. The SMILES string of the molecule is O=C(NCc1nc(-c2ccncc2)cs1)c1cc(Br)c(Br)s1. The van der Waals surface area contributed by atoms with Crippen LogP contribution < -0.4 is 5.32 Å². The normalized spacial score (nSPS) is 10.6. The van der Waals surface area contributed by atoms with Crippen molar-refractivity contribution in [1.82, 2.24) is 15.3 Å². The molecule has 0 aliphatic carbocycles. The lowest BCUT2D eigenvalue weighted by molar-refractivity contribution is 0.0955. The molecule has 0 aliphatic rings. The lowest BCUT2D eigenvalue weighted by Gasteiger charge is -2.00. The van der Waals surface area contributed by atoms with E-state index < -0.39 is 0 Å². The summed E-state index contributed by atoms with van der Waals surface area (Å²) in [5, 5.41) is 5.74. The van der Waals surface area contributed by atoms with E-state index in [4.69, 9.17) is 0 Å². The van der Waals surface area contributed by atoms with Crippen LogP contribution in [0.5, 0.6) is 0 Å². The summed E-state index contributed by atoms with van der Waals surface area (Å²) in [5.41, 5.74) is 1.92. The maximum atomic E-state index is 12.1. The summed E-state index contributed by atoms with van der Waals surface area (Å²) in [6, 6.07) is 5.63. The summed E-state index contributed by atoms with van der Waals surface area (Å²) < 4.78 is 1.80.